The number of hydrogen-bond acceptors (Lipinski definition) is 5. The third kappa shape index (κ3) is 3.45. The summed E-state index contributed by atoms with van der Waals surface area (Å²) in [5.74, 6) is 0.478. The molecule has 0 spiro atoms. The van der Waals surface area contributed by atoms with E-state index in [1.807, 2.05) is 31.2 Å². The molecule has 7 nitrogen and oxygen atoms in total. The molecule has 1 amide bonds. The number of nitrogens with zero attached hydrogens (tertiary/aromatic N) is 2. The van der Waals surface area contributed by atoms with Crippen molar-refractivity contribution in [1.82, 2.24) is 15.4 Å². The predicted molar refractivity (Wildman–Crippen MR) is 92.4 cm³/mol. The van der Waals surface area contributed by atoms with Gasteiger partial charge in [-0.2, -0.15) is 15.4 Å². The number of amides is 1. The van der Waals surface area contributed by atoms with Crippen LogP contribution in [-0.2, 0) is 6.61 Å². The Morgan fingerprint density at radius 2 is 1.96 bits per heavy atom. The summed E-state index contributed by atoms with van der Waals surface area (Å²) in [6, 6.07) is 13.3. The van der Waals surface area contributed by atoms with E-state index in [0.717, 1.165) is 11.1 Å². The number of aromatic nitrogens is 3. The van der Waals surface area contributed by atoms with E-state index < -0.39 is 5.91 Å². The topological polar surface area (TPSA) is 103 Å². The first-order chi connectivity index (χ1) is 12.1. The number of rotatable bonds is 6. The van der Waals surface area contributed by atoms with E-state index in [0.29, 0.717) is 29.4 Å². The molecule has 25 heavy (non-hydrogen) atoms. The van der Waals surface area contributed by atoms with Gasteiger partial charge in [-0.25, -0.2) is 0 Å². The molecule has 1 aromatic heterocycles. The number of benzene rings is 2. The molecule has 0 radical (unpaired) electrons. The number of aromatic amines is 1. The van der Waals surface area contributed by atoms with Crippen molar-refractivity contribution in [3.05, 3.63) is 59.3 Å². The molecule has 3 aromatic rings. The summed E-state index contributed by atoms with van der Waals surface area (Å²) in [6.07, 6.45) is 0. The fourth-order valence-corrected chi connectivity index (χ4v) is 2.47. The van der Waals surface area contributed by atoms with Crippen LogP contribution in [0.5, 0.6) is 11.5 Å². The van der Waals surface area contributed by atoms with Crippen molar-refractivity contribution in [2.24, 2.45) is 5.73 Å². The molecule has 0 fully saturated rings. The molecule has 0 unspecified atom stereocenters. The van der Waals surface area contributed by atoms with Crippen LogP contribution < -0.4 is 15.2 Å². The van der Waals surface area contributed by atoms with Crippen molar-refractivity contribution in [3.63, 3.8) is 0 Å². The SMILES string of the molecule is COc1cc(-c2n[nH]nc2C(N)=O)ccc1OCc1ccccc1C. The Hall–Kier alpha value is -3.35. The minimum Gasteiger partial charge on any atom is -0.493 e. The first-order valence-electron chi connectivity index (χ1n) is 7.66. The van der Waals surface area contributed by atoms with Gasteiger partial charge in [-0.05, 0) is 36.2 Å². The van der Waals surface area contributed by atoms with Crippen LogP contribution >= 0.6 is 0 Å². The summed E-state index contributed by atoms with van der Waals surface area (Å²) in [7, 11) is 1.55. The number of aryl methyl sites for hydroxylation is 1. The monoisotopic (exact) mass is 338 g/mol. The second kappa shape index (κ2) is 7.04. The standard InChI is InChI=1S/C18H18N4O3/c1-11-5-3-4-6-13(11)10-25-14-8-7-12(9-15(14)24-2)16-17(18(19)23)21-22-20-16/h3-9H,10H2,1-2H3,(H2,19,23)(H,20,21,22). The normalized spacial score (nSPS) is 10.5. The Labute approximate surface area is 144 Å². The first-order valence-corrected chi connectivity index (χ1v) is 7.66. The Morgan fingerprint density at radius 3 is 2.68 bits per heavy atom. The van der Waals surface area contributed by atoms with Gasteiger partial charge in [0.1, 0.15) is 12.3 Å². The van der Waals surface area contributed by atoms with E-state index >= 15 is 0 Å². The zero-order chi connectivity index (χ0) is 17.8. The second-order valence-corrected chi connectivity index (χ2v) is 5.47. The number of H-pyrrole nitrogens is 1. The highest BCUT2D eigenvalue weighted by molar-refractivity contribution is 5.96. The van der Waals surface area contributed by atoms with Gasteiger partial charge in [0.05, 0.1) is 7.11 Å². The maximum Gasteiger partial charge on any atom is 0.271 e. The number of primary amides is 1. The van der Waals surface area contributed by atoms with Crippen molar-refractivity contribution in [1.29, 1.82) is 0 Å². The van der Waals surface area contributed by atoms with E-state index in [1.165, 1.54) is 0 Å². The highest BCUT2D eigenvalue weighted by Crippen LogP contribution is 2.33. The van der Waals surface area contributed by atoms with Crippen LogP contribution in [-0.4, -0.2) is 28.4 Å². The third-order valence-electron chi connectivity index (χ3n) is 3.86. The van der Waals surface area contributed by atoms with E-state index in [4.69, 9.17) is 15.2 Å². The average Bonchev–Trinajstić information content (AvgIpc) is 3.11. The van der Waals surface area contributed by atoms with Crippen molar-refractivity contribution in [2.75, 3.05) is 7.11 Å². The molecule has 0 atom stereocenters. The molecule has 0 aliphatic rings. The summed E-state index contributed by atoms with van der Waals surface area (Å²) in [6.45, 7) is 2.47. The Balaban J connectivity index is 1.86. The molecule has 0 bridgehead atoms. The summed E-state index contributed by atoms with van der Waals surface area (Å²) >= 11 is 0. The van der Waals surface area contributed by atoms with Gasteiger partial charge in [0, 0.05) is 5.56 Å². The Morgan fingerprint density at radius 1 is 1.16 bits per heavy atom. The summed E-state index contributed by atoms with van der Waals surface area (Å²) < 4.78 is 11.3. The first kappa shape index (κ1) is 16.5. The van der Waals surface area contributed by atoms with Crippen LogP contribution in [0.2, 0.25) is 0 Å². The zero-order valence-corrected chi connectivity index (χ0v) is 13.9. The molecule has 0 aliphatic heterocycles. The van der Waals surface area contributed by atoms with E-state index in [9.17, 15) is 4.79 Å². The van der Waals surface area contributed by atoms with Crippen molar-refractivity contribution in [3.8, 4) is 22.8 Å². The van der Waals surface area contributed by atoms with Gasteiger partial charge in [0.15, 0.2) is 17.2 Å². The van der Waals surface area contributed by atoms with E-state index in [2.05, 4.69) is 15.4 Å². The minimum atomic E-state index is -0.650. The maximum absolute atomic E-state index is 11.4. The highest BCUT2D eigenvalue weighted by atomic mass is 16.5. The molecule has 3 rings (SSSR count). The van der Waals surface area contributed by atoms with Crippen LogP contribution in [0.1, 0.15) is 21.6 Å². The maximum atomic E-state index is 11.4. The minimum absolute atomic E-state index is 0.0793. The van der Waals surface area contributed by atoms with Crippen molar-refractivity contribution < 1.29 is 14.3 Å². The molecule has 128 valence electrons. The van der Waals surface area contributed by atoms with Gasteiger partial charge in [-0.3, -0.25) is 4.79 Å². The van der Waals surface area contributed by atoms with Crippen LogP contribution in [0.15, 0.2) is 42.5 Å². The molecule has 0 saturated heterocycles. The lowest BCUT2D eigenvalue weighted by molar-refractivity contribution is 0.0996. The second-order valence-electron chi connectivity index (χ2n) is 5.47. The summed E-state index contributed by atoms with van der Waals surface area (Å²) in [4.78, 5) is 11.4. The Bertz CT molecular complexity index is 905. The molecule has 1 heterocycles. The third-order valence-corrected chi connectivity index (χ3v) is 3.86. The van der Waals surface area contributed by atoms with E-state index in [1.54, 1.807) is 25.3 Å². The van der Waals surface area contributed by atoms with Gasteiger partial charge in [-0.15, -0.1) is 0 Å². The number of methoxy groups -OCH3 is 1. The number of hydrogen-bond donors (Lipinski definition) is 2. The van der Waals surface area contributed by atoms with Gasteiger partial charge in [-0.1, -0.05) is 24.3 Å². The number of nitrogens with one attached hydrogen (secondary N) is 1. The average molecular weight is 338 g/mol. The van der Waals surface area contributed by atoms with Crippen LogP contribution in [0, 0.1) is 6.92 Å². The van der Waals surface area contributed by atoms with Gasteiger partial charge in [0.25, 0.3) is 5.91 Å². The molecular formula is C18H18N4O3. The molecule has 0 saturated carbocycles. The van der Waals surface area contributed by atoms with Crippen LogP contribution in [0.4, 0.5) is 0 Å². The Kier molecular flexibility index (Phi) is 4.65. The lowest BCUT2D eigenvalue weighted by atomic mass is 10.1. The quantitative estimate of drug-likeness (QED) is 0.718. The number of nitrogens with two attached hydrogens (primary N) is 1. The van der Waals surface area contributed by atoms with Crippen LogP contribution in [0.25, 0.3) is 11.3 Å². The molecule has 2 aromatic carbocycles. The highest BCUT2D eigenvalue weighted by Gasteiger charge is 2.17. The summed E-state index contributed by atoms with van der Waals surface area (Å²) in [5, 5.41) is 10.2. The van der Waals surface area contributed by atoms with Crippen molar-refractivity contribution >= 4 is 5.91 Å². The summed E-state index contributed by atoms with van der Waals surface area (Å²) in [5.41, 5.74) is 8.67. The predicted octanol–water partition coefficient (Wildman–Crippen LogP) is 2.47. The zero-order valence-electron chi connectivity index (χ0n) is 13.9. The fraction of sp³-hybridized carbons (Fsp3) is 0.167. The smallest absolute Gasteiger partial charge is 0.271 e. The number of carbonyl (C=O) groups excluding carboxylic acids is 1. The molecular weight excluding hydrogens is 320 g/mol. The number of carbonyl (C=O) groups is 1. The molecule has 3 N–H and O–H groups in total. The van der Waals surface area contributed by atoms with Gasteiger partial charge in [0.2, 0.25) is 0 Å². The van der Waals surface area contributed by atoms with Gasteiger partial charge < -0.3 is 15.2 Å². The lowest BCUT2D eigenvalue weighted by Crippen LogP contribution is -2.12. The largest absolute Gasteiger partial charge is 0.493 e. The fourth-order valence-electron chi connectivity index (χ4n) is 2.47. The lowest BCUT2D eigenvalue weighted by Gasteiger charge is -2.13. The van der Waals surface area contributed by atoms with E-state index in [-0.39, 0.29) is 5.69 Å². The van der Waals surface area contributed by atoms with Crippen LogP contribution in [0.3, 0.4) is 0 Å². The van der Waals surface area contributed by atoms with Crippen molar-refractivity contribution in [2.45, 2.75) is 13.5 Å². The van der Waals surface area contributed by atoms with Gasteiger partial charge >= 0.3 is 0 Å². The molecule has 7 heteroatoms. The number of ether oxygens (including phenoxy) is 2. The molecule has 0 aliphatic carbocycles.